The van der Waals surface area contributed by atoms with Crippen LogP contribution in [-0.2, 0) is 9.59 Å². The SMILES string of the molecule is COc1ccc(C2=NN(C3=NC(=O)[C@@H](CC(=O)Nc4cc(C)cc(C)c4)S3)[C@@H](c3ccccc3)C2)cc1. The normalized spacial score (nSPS) is 19.0. The van der Waals surface area contributed by atoms with Gasteiger partial charge < -0.3 is 10.1 Å². The molecule has 7 nitrogen and oxygen atoms in total. The van der Waals surface area contributed by atoms with Crippen molar-refractivity contribution in [2.45, 2.75) is 38.0 Å². The molecule has 0 saturated heterocycles. The van der Waals surface area contributed by atoms with Crippen LogP contribution in [0.1, 0.15) is 41.1 Å². The fraction of sp³-hybridized carbons (Fsp3) is 0.241. The molecule has 0 bridgehead atoms. The number of amidine groups is 1. The molecule has 8 heteroatoms. The highest BCUT2D eigenvalue weighted by Gasteiger charge is 2.39. The van der Waals surface area contributed by atoms with Crippen LogP contribution in [0, 0.1) is 13.8 Å². The summed E-state index contributed by atoms with van der Waals surface area (Å²) in [7, 11) is 1.64. The lowest BCUT2D eigenvalue weighted by molar-refractivity contribution is -0.121. The first-order valence-electron chi connectivity index (χ1n) is 12.1. The maximum Gasteiger partial charge on any atom is 0.262 e. The van der Waals surface area contributed by atoms with E-state index in [1.165, 1.54) is 11.8 Å². The minimum atomic E-state index is -0.586. The standard InChI is InChI=1S/C29H28N4O3S/c1-18-13-19(2)15-22(14-18)30-27(34)17-26-28(35)31-29(37-26)33-25(21-7-5-4-6-8-21)16-24(32-33)20-9-11-23(36-3)12-10-20/h4-15,25-26H,16-17H2,1-3H3,(H,30,34)/t25-,26-/m1/s1. The number of anilines is 1. The van der Waals surface area contributed by atoms with Crippen LogP contribution in [-0.4, -0.2) is 40.1 Å². The van der Waals surface area contributed by atoms with Gasteiger partial charge in [0, 0.05) is 18.5 Å². The quantitative estimate of drug-likeness (QED) is 0.472. The van der Waals surface area contributed by atoms with E-state index in [4.69, 9.17) is 9.84 Å². The maximum atomic E-state index is 12.8. The van der Waals surface area contributed by atoms with Gasteiger partial charge in [0.25, 0.3) is 5.91 Å². The van der Waals surface area contributed by atoms with Crippen molar-refractivity contribution in [2.24, 2.45) is 10.1 Å². The molecule has 2 heterocycles. The number of hydrogen-bond acceptors (Lipinski definition) is 6. The van der Waals surface area contributed by atoms with Gasteiger partial charge in [-0.1, -0.05) is 48.2 Å². The molecule has 2 aliphatic heterocycles. The molecule has 1 N–H and O–H groups in total. The van der Waals surface area contributed by atoms with Gasteiger partial charge in [-0.05, 0) is 72.5 Å². The fourth-order valence-electron chi connectivity index (χ4n) is 4.61. The second-order valence-corrected chi connectivity index (χ2v) is 10.4. The summed E-state index contributed by atoms with van der Waals surface area (Å²) in [5.41, 5.74) is 5.85. The molecule has 0 unspecified atom stereocenters. The van der Waals surface area contributed by atoms with Crippen molar-refractivity contribution in [1.82, 2.24) is 5.01 Å². The van der Waals surface area contributed by atoms with Crippen molar-refractivity contribution in [3.8, 4) is 5.75 Å². The summed E-state index contributed by atoms with van der Waals surface area (Å²) in [5, 5.41) is 9.58. The number of aliphatic imine (C=N–C) groups is 1. The molecule has 0 aromatic heterocycles. The first kappa shape index (κ1) is 24.8. The number of benzene rings is 3. The molecule has 3 aromatic rings. The number of carbonyl (C=O) groups is 2. The van der Waals surface area contributed by atoms with Crippen molar-refractivity contribution in [2.75, 3.05) is 12.4 Å². The van der Waals surface area contributed by atoms with E-state index in [1.54, 1.807) is 7.11 Å². The number of nitrogens with one attached hydrogen (secondary N) is 1. The third kappa shape index (κ3) is 5.59. The van der Waals surface area contributed by atoms with Crippen LogP contribution in [0.2, 0.25) is 0 Å². The molecule has 0 radical (unpaired) electrons. The van der Waals surface area contributed by atoms with E-state index in [-0.39, 0.29) is 24.3 Å². The Morgan fingerprint density at radius 3 is 2.43 bits per heavy atom. The molecule has 0 spiro atoms. The van der Waals surface area contributed by atoms with Crippen molar-refractivity contribution in [3.63, 3.8) is 0 Å². The van der Waals surface area contributed by atoms with E-state index in [2.05, 4.69) is 22.4 Å². The van der Waals surface area contributed by atoms with E-state index < -0.39 is 5.25 Å². The van der Waals surface area contributed by atoms with Crippen LogP contribution >= 0.6 is 11.8 Å². The Morgan fingerprint density at radius 2 is 1.76 bits per heavy atom. The Bertz CT molecular complexity index is 1370. The molecule has 2 aliphatic rings. The summed E-state index contributed by atoms with van der Waals surface area (Å²) in [4.78, 5) is 29.9. The Hall–Kier alpha value is -3.91. The van der Waals surface area contributed by atoms with Crippen LogP contribution < -0.4 is 10.1 Å². The first-order valence-corrected chi connectivity index (χ1v) is 13.0. The van der Waals surface area contributed by atoms with E-state index in [0.29, 0.717) is 11.6 Å². The van der Waals surface area contributed by atoms with Gasteiger partial charge in [-0.2, -0.15) is 10.1 Å². The zero-order chi connectivity index (χ0) is 25.9. The number of nitrogens with zero attached hydrogens (tertiary/aromatic N) is 3. The van der Waals surface area contributed by atoms with Gasteiger partial charge in [0.05, 0.1) is 18.9 Å². The van der Waals surface area contributed by atoms with Crippen LogP contribution in [0.25, 0.3) is 0 Å². The number of amides is 2. The predicted octanol–water partition coefficient (Wildman–Crippen LogP) is 5.49. The van der Waals surface area contributed by atoms with Crippen molar-refractivity contribution in [1.29, 1.82) is 0 Å². The minimum Gasteiger partial charge on any atom is -0.497 e. The Balaban J connectivity index is 1.34. The summed E-state index contributed by atoms with van der Waals surface area (Å²) in [6, 6.07) is 23.7. The van der Waals surface area contributed by atoms with Gasteiger partial charge >= 0.3 is 0 Å². The Labute approximate surface area is 220 Å². The highest BCUT2D eigenvalue weighted by molar-refractivity contribution is 8.15. The number of hydrazone groups is 1. The predicted molar refractivity (Wildman–Crippen MR) is 148 cm³/mol. The van der Waals surface area contributed by atoms with Crippen LogP contribution in [0.3, 0.4) is 0 Å². The lowest BCUT2D eigenvalue weighted by Gasteiger charge is -2.23. The zero-order valence-electron chi connectivity index (χ0n) is 21.0. The molecular weight excluding hydrogens is 484 g/mol. The van der Waals surface area contributed by atoms with Gasteiger partial charge in [-0.3, -0.25) is 9.59 Å². The number of carbonyl (C=O) groups excluding carboxylic acids is 2. The van der Waals surface area contributed by atoms with Gasteiger partial charge in [0.15, 0.2) is 5.17 Å². The summed E-state index contributed by atoms with van der Waals surface area (Å²) in [6.45, 7) is 3.97. The summed E-state index contributed by atoms with van der Waals surface area (Å²) < 4.78 is 5.29. The lowest BCUT2D eigenvalue weighted by Crippen LogP contribution is -2.25. The molecule has 0 fully saturated rings. The second kappa shape index (κ2) is 10.6. The molecule has 3 aromatic carbocycles. The smallest absolute Gasteiger partial charge is 0.262 e. The highest BCUT2D eigenvalue weighted by Crippen LogP contribution is 2.38. The number of ether oxygens (including phenoxy) is 1. The molecule has 0 aliphatic carbocycles. The first-order chi connectivity index (χ1) is 17.9. The van der Waals surface area contributed by atoms with Gasteiger partial charge in [-0.15, -0.1) is 0 Å². The Morgan fingerprint density at radius 1 is 1.05 bits per heavy atom. The van der Waals surface area contributed by atoms with Gasteiger partial charge in [0.1, 0.15) is 11.0 Å². The summed E-state index contributed by atoms with van der Waals surface area (Å²) >= 11 is 1.30. The van der Waals surface area contributed by atoms with Crippen LogP contribution in [0.5, 0.6) is 5.75 Å². The van der Waals surface area contributed by atoms with Crippen molar-refractivity contribution < 1.29 is 14.3 Å². The fourth-order valence-corrected chi connectivity index (χ4v) is 5.67. The molecule has 5 rings (SSSR count). The molecule has 0 saturated carbocycles. The number of hydrogen-bond donors (Lipinski definition) is 1. The van der Waals surface area contributed by atoms with Crippen molar-refractivity contribution in [3.05, 3.63) is 95.1 Å². The number of thioether (sulfide) groups is 1. The molecular formula is C29H28N4O3S. The summed E-state index contributed by atoms with van der Waals surface area (Å²) in [6.07, 6.45) is 0.713. The number of rotatable bonds is 6. The van der Waals surface area contributed by atoms with E-state index in [1.807, 2.05) is 79.5 Å². The van der Waals surface area contributed by atoms with E-state index >= 15 is 0 Å². The number of aryl methyl sites for hydroxylation is 2. The zero-order valence-corrected chi connectivity index (χ0v) is 21.8. The molecule has 37 heavy (non-hydrogen) atoms. The minimum absolute atomic E-state index is 0.0440. The molecule has 188 valence electrons. The topological polar surface area (TPSA) is 83.4 Å². The average Bonchev–Trinajstić information content (AvgIpc) is 3.48. The van der Waals surface area contributed by atoms with E-state index in [9.17, 15) is 9.59 Å². The number of methoxy groups -OCH3 is 1. The Kier molecular flexibility index (Phi) is 7.10. The van der Waals surface area contributed by atoms with Gasteiger partial charge in [0.2, 0.25) is 5.91 Å². The lowest BCUT2D eigenvalue weighted by atomic mass is 9.98. The average molecular weight is 513 g/mol. The maximum absolute atomic E-state index is 12.8. The summed E-state index contributed by atoms with van der Waals surface area (Å²) in [5.74, 6) is 0.258. The molecule has 2 atom stereocenters. The third-order valence-electron chi connectivity index (χ3n) is 6.32. The largest absolute Gasteiger partial charge is 0.497 e. The highest BCUT2D eigenvalue weighted by atomic mass is 32.2. The van der Waals surface area contributed by atoms with Crippen molar-refractivity contribution >= 4 is 40.1 Å². The monoisotopic (exact) mass is 512 g/mol. The molecule has 2 amide bonds. The second-order valence-electron chi connectivity index (χ2n) is 9.22. The van der Waals surface area contributed by atoms with E-state index in [0.717, 1.165) is 39.4 Å². The van der Waals surface area contributed by atoms with Crippen LogP contribution in [0.4, 0.5) is 5.69 Å². The van der Waals surface area contributed by atoms with Gasteiger partial charge in [-0.25, -0.2) is 5.01 Å². The van der Waals surface area contributed by atoms with Crippen LogP contribution in [0.15, 0.2) is 82.9 Å². The third-order valence-corrected chi connectivity index (χ3v) is 7.46.